The molecule has 0 saturated heterocycles. The van der Waals surface area contributed by atoms with E-state index >= 15 is 0 Å². The van der Waals surface area contributed by atoms with E-state index in [0.29, 0.717) is 11.1 Å². The lowest BCUT2D eigenvalue weighted by atomic mass is 9.75. The van der Waals surface area contributed by atoms with Crippen LogP contribution in [-0.2, 0) is 21.7 Å². The van der Waals surface area contributed by atoms with Crippen molar-refractivity contribution in [2.24, 2.45) is 0 Å². The Balaban J connectivity index is 1.83. The first-order valence-electron chi connectivity index (χ1n) is 19.0. The Hall–Kier alpha value is -3.59. The third-order valence-electron chi connectivity index (χ3n) is 11.1. The van der Waals surface area contributed by atoms with Gasteiger partial charge in [0.15, 0.2) is 5.30 Å². The summed E-state index contributed by atoms with van der Waals surface area (Å²) in [5.41, 5.74) is 10.8. The van der Waals surface area contributed by atoms with Crippen LogP contribution < -0.4 is 5.30 Å². The molecule has 6 rings (SSSR count). The quantitative estimate of drug-likeness (QED) is 0.159. The zero-order chi connectivity index (χ0) is 39.4. The normalized spacial score (nSPS) is 13.5. The summed E-state index contributed by atoms with van der Waals surface area (Å²) in [6.07, 6.45) is 0. The molecule has 6 aromatic rings. The number of rotatable bonds is 3. The van der Waals surface area contributed by atoms with Crippen molar-refractivity contribution in [2.75, 3.05) is 0 Å². The number of hydrogen-bond donors (Lipinski definition) is 3. The molecule has 0 aromatic heterocycles. The van der Waals surface area contributed by atoms with Crippen molar-refractivity contribution in [3.05, 3.63) is 112 Å². The maximum atomic E-state index is 11.7. The predicted octanol–water partition coefficient (Wildman–Crippen LogP) is 13.0. The number of fused-ring (bicyclic) bond motifs is 3. The van der Waals surface area contributed by atoms with Gasteiger partial charge in [-0.2, -0.15) is 14.7 Å². The molecular weight excluding hydrogens is 668 g/mol. The molecule has 0 bridgehead atoms. The molecule has 0 aliphatic heterocycles. The van der Waals surface area contributed by atoms with E-state index in [9.17, 15) is 14.7 Å². The van der Waals surface area contributed by atoms with E-state index in [-0.39, 0.29) is 27.0 Å². The van der Waals surface area contributed by atoms with E-state index in [2.05, 4.69) is 170 Å². The van der Waals surface area contributed by atoms with Crippen LogP contribution in [0.4, 0.5) is 0 Å². The van der Waals surface area contributed by atoms with E-state index in [1.54, 1.807) is 0 Å². The van der Waals surface area contributed by atoms with Crippen LogP contribution in [-0.4, -0.2) is 14.7 Å². The van der Waals surface area contributed by atoms with Gasteiger partial charge in [-0.15, -0.1) is 0 Å². The van der Waals surface area contributed by atoms with Gasteiger partial charge in [-0.05, 0) is 144 Å². The van der Waals surface area contributed by atoms with Gasteiger partial charge in [0.05, 0.1) is 0 Å². The van der Waals surface area contributed by atoms with Gasteiger partial charge in [0.2, 0.25) is 0 Å². The fourth-order valence-electron chi connectivity index (χ4n) is 8.29. The molecule has 0 aliphatic rings. The molecule has 0 radical (unpaired) electrons. The average molecular weight is 728 g/mol. The van der Waals surface area contributed by atoms with Crippen molar-refractivity contribution in [3.8, 4) is 22.3 Å². The van der Waals surface area contributed by atoms with Crippen LogP contribution in [0.5, 0.6) is 0 Å². The first kappa shape index (κ1) is 39.1. The number of aryl methyl sites for hydroxylation is 2. The highest BCUT2D eigenvalue weighted by atomic mass is 31.2. The second kappa shape index (κ2) is 12.7. The van der Waals surface area contributed by atoms with Crippen molar-refractivity contribution < 1.29 is 14.7 Å². The van der Waals surface area contributed by atoms with E-state index in [1.165, 1.54) is 22.1 Å². The van der Waals surface area contributed by atoms with Crippen LogP contribution >= 0.6 is 7.94 Å². The van der Waals surface area contributed by atoms with E-state index in [4.69, 9.17) is 0 Å². The Labute approximate surface area is 318 Å². The highest BCUT2D eigenvalue weighted by molar-refractivity contribution is 7.67. The minimum absolute atomic E-state index is 0.00164. The van der Waals surface area contributed by atoms with Gasteiger partial charge < -0.3 is 0 Å². The third kappa shape index (κ3) is 7.19. The van der Waals surface area contributed by atoms with Crippen LogP contribution in [0.1, 0.15) is 122 Å². The van der Waals surface area contributed by atoms with Gasteiger partial charge in [0.25, 0.3) is 0 Å². The Morgan fingerprint density at radius 3 is 1.28 bits per heavy atom. The summed E-state index contributed by atoms with van der Waals surface area (Å²) >= 11 is 0. The summed E-state index contributed by atoms with van der Waals surface area (Å²) in [5, 5.41) is 6.75. The summed E-state index contributed by atoms with van der Waals surface area (Å²) in [6, 6.07) is 26.9. The van der Waals surface area contributed by atoms with E-state index < -0.39 is 7.94 Å². The maximum Gasteiger partial charge on any atom is 0.441 e. The summed E-state index contributed by atoms with van der Waals surface area (Å²) in [5.74, 6) is 0. The summed E-state index contributed by atoms with van der Waals surface area (Å²) in [7, 11) is -4.58. The van der Waals surface area contributed by atoms with Crippen molar-refractivity contribution in [2.45, 2.75) is 126 Å². The van der Waals surface area contributed by atoms with Gasteiger partial charge in [0, 0.05) is 11.1 Å². The molecule has 0 saturated carbocycles. The summed E-state index contributed by atoms with van der Waals surface area (Å²) < 4.78 is 0. The molecular formula is C49H60O3P+. The Morgan fingerprint density at radius 2 is 0.887 bits per heavy atom. The molecule has 3 nitrogen and oxygen atoms in total. The van der Waals surface area contributed by atoms with Gasteiger partial charge in [-0.25, -0.2) is 0 Å². The van der Waals surface area contributed by atoms with Gasteiger partial charge in [0.1, 0.15) is 0 Å². The predicted molar refractivity (Wildman–Crippen MR) is 232 cm³/mol. The van der Waals surface area contributed by atoms with Crippen molar-refractivity contribution in [1.82, 2.24) is 0 Å². The second-order valence-electron chi connectivity index (χ2n) is 19.7. The minimum Gasteiger partial charge on any atom is -0.189 e. The zero-order valence-corrected chi connectivity index (χ0v) is 35.6. The maximum absolute atomic E-state index is 11.7. The lowest BCUT2D eigenvalue weighted by Crippen LogP contribution is -2.22. The van der Waals surface area contributed by atoms with Gasteiger partial charge in [-0.3, -0.25) is 0 Å². The van der Waals surface area contributed by atoms with Crippen molar-refractivity contribution in [3.63, 3.8) is 0 Å². The topological polar surface area (TPSA) is 60.7 Å². The fourth-order valence-corrected chi connectivity index (χ4v) is 9.38. The summed E-state index contributed by atoms with van der Waals surface area (Å²) in [4.78, 5) is 35.0. The molecule has 0 fully saturated rings. The minimum atomic E-state index is -4.58. The summed E-state index contributed by atoms with van der Waals surface area (Å²) in [6.45, 7) is 33.0. The van der Waals surface area contributed by atoms with Crippen LogP contribution in [0.15, 0.2) is 72.8 Å². The molecule has 0 atom stereocenters. The first-order valence-corrected chi connectivity index (χ1v) is 20.7. The van der Waals surface area contributed by atoms with E-state index in [0.717, 1.165) is 60.3 Å². The fraction of sp³-hybridized carbons (Fsp3) is 0.388. The van der Waals surface area contributed by atoms with Crippen LogP contribution in [0.2, 0.25) is 0 Å². The van der Waals surface area contributed by atoms with Crippen LogP contribution in [0.25, 0.3) is 54.6 Å². The molecule has 3 N–H and O–H groups in total. The Bertz CT molecular complexity index is 2430. The third-order valence-corrected chi connectivity index (χ3v) is 12.3. The number of hydrogen-bond acceptors (Lipinski definition) is 3. The first-order chi connectivity index (χ1) is 24.2. The largest absolute Gasteiger partial charge is 0.441 e. The molecule has 278 valence electrons. The average Bonchev–Trinajstić information content (AvgIpc) is 3.00. The molecule has 6 aromatic carbocycles. The lowest BCUT2D eigenvalue weighted by molar-refractivity contribution is 0.347. The zero-order valence-electron chi connectivity index (χ0n) is 34.7. The highest BCUT2D eigenvalue weighted by Gasteiger charge is 2.43. The molecule has 53 heavy (non-hydrogen) atoms. The molecule has 4 heteroatoms. The Morgan fingerprint density at radius 1 is 0.453 bits per heavy atom. The molecule has 0 aliphatic carbocycles. The van der Waals surface area contributed by atoms with E-state index in [1.807, 2.05) is 6.92 Å². The second-order valence-corrected chi connectivity index (χ2v) is 21.3. The molecule has 0 amide bonds. The van der Waals surface area contributed by atoms with Gasteiger partial charge in [-0.1, -0.05) is 137 Å². The van der Waals surface area contributed by atoms with Crippen molar-refractivity contribution >= 4 is 45.6 Å². The molecule has 0 heterocycles. The Kier molecular flexibility index (Phi) is 9.40. The smallest absolute Gasteiger partial charge is 0.189 e. The van der Waals surface area contributed by atoms with Gasteiger partial charge >= 0.3 is 7.94 Å². The SMILES string of the molecule is Cc1cc(C)c2c(-c3cc4ccc(C(C)(C)C)cc4cc3C(C)(C)C)c([P+](O)(O)O)c(C)c(-c3cc4ccc(C(C)(C)C)cc4cc3C(C)(C)C)c2c1. The number of benzene rings is 6. The molecule has 0 spiro atoms. The van der Waals surface area contributed by atoms with Crippen LogP contribution in [0, 0.1) is 20.8 Å². The lowest BCUT2D eigenvalue weighted by Gasteiger charge is -2.30. The highest BCUT2D eigenvalue weighted by Crippen LogP contribution is 2.54. The monoisotopic (exact) mass is 727 g/mol. The van der Waals surface area contributed by atoms with Crippen LogP contribution in [0.3, 0.4) is 0 Å². The van der Waals surface area contributed by atoms with Crippen molar-refractivity contribution in [1.29, 1.82) is 0 Å². The standard InChI is InChI=1S/C49H60O3P/c1-28-20-29(2)42-39(21-28)43(37-24-31-16-18-35(46(4,5)6)22-33(31)26-40(37)48(10,11)12)30(3)45(53(50,51)52)44(42)38-25-32-17-19-36(47(7,8)9)23-34(32)27-41(38)49(13,14)15/h16-27,50-52H,1-15H3/q+1. The molecule has 0 unspecified atom stereocenters.